The van der Waals surface area contributed by atoms with E-state index in [1.165, 1.54) is 55.1 Å². The summed E-state index contributed by atoms with van der Waals surface area (Å²) in [6.45, 7) is 0. The second kappa shape index (κ2) is 13.6. The lowest BCUT2D eigenvalue weighted by Crippen LogP contribution is -2.28. The first-order valence-electron chi connectivity index (χ1n) is 20.7. The van der Waals surface area contributed by atoms with Crippen molar-refractivity contribution in [3.63, 3.8) is 0 Å². The molecule has 0 aliphatic heterocycles. The van der Waals surface area contributed by atoms with Crippen molar-refractivity contribution in [3.05, 3.63) is 259 Å². The highest BCUT2D eigenvalue weighted by Crippen LogP contribution is 2.57. The van der Waals surface area contributed by atoms with Crippen molar-refractivity contribution in [1.29, 1.82) is 0 Å². The van der Waals surface area contributed by atoms with Gasteiger partial charge in [-0.25, -0.2) is 0 Å². The molecule has 2 aromatic heterocycles. The van der Waals surface area contributed by atoms with Gasteiger partial charge in [0, 0.05) is 44.6 Å². The van der Waals surface area contributed by atoms with Crippen molar-refractivity contribution >= 4 is 49.9 Å². The van der Waals surface area contributed by atoms with E-state index in [2.05, 4.69) is 251 Å². The average molecular weight is 766 g/mol. The summed E-state index contributed by atoms with van der Waals surface area (Å²) in [5, 5.41) is 3.70. The highest BCUT2D eigenvalue weighted by Gasteiger charge is 2.46. The Labute approximate surface area is 349 Å². The maximum Gasteiger partial charge on any atom is 0.131 e. The topological polar surface area (TPSA) is 13.1 Å². The number of hydrogen-bond donors (Lipinski definition) is 0. The Bertz CT molecular complexity index is 3310. The SMILES string of the molecule is c1ccc(N(c2ccc3c(c2)C(c2ccccc2)(c2ccccc2)c2ccccc2-3)c2ccc3c4c5ccccc5n(-c5ccccc5)c4n(-c4ccccc4)c3c2)cc1. The van der Waals surface area contributed by atoms with Gasteiger partial charge in [-0.3, -0.25) is 9.13 Å². The third kappa shape index (κ3) is 4.96. The molecule has 0 fully saturated rings. The molecule has 2 heterocycles. The number of hydrogen-bond acceptors (Lipinski definition) is 1. The van der Waals surface area contributed by atoms with Gasteiger partial charge in [0.25, 0.3) is 0 Å². The molecule has 0 amide bonds. The summed E-state index contributed by atoms with van der Waals surface area (Å²) in [6.07, 6.45) is 0. The minimum Gasteiger partial charge on any atom is -0.310 e. The number of rotatable bonds is 7. The van der Waals surface area contributed by atoms with E-state index in [-0.39, 0.29) is 0 Å². The van der Waals surface area contributed by atoms with Crippen LogP contribution in [0.5, 0.6) is 0 Å². The molecule has 11 aromatic rings. The van der Waals surface area contributed by atoms with E-state index in [0.717, 1.165) is 39.6 Å². The van der Waals surface area contributed by atoms with Crippen LogP contribution < -0.4 is 4.90 Å². The molecule has 0 bridgehead atoms. The van der Waals surface area contributed by atoms with E-state index in [9.17, 15) is 0 Å². The normalized spacial score (nSPS) is 12.8. The fourth-order valence-electron chi connectivity index (χ4n) is 10.1. The van der Waals surface area contributed by atoms with Gasteiger partial charge in [0.1, 0.15) is 5.65 Å². The minimum absolute atomic E-state index is 0.506. The molecule has 0 N–H and O–H groups in total. The van der Waals surface area contributed by atoms with Gasteiger partial charge in [-0.2, -0.15) is 0 Å². The van der Waals surface area contributed by atoms with Crippen LogP contribution in [0.2, 0.25) is 0 Å². The van der Waals surface area contributed by atoms with Crippen LogP contribution in [0.1, 0.15) is 22.3 Å². The molecule has 60 heavy (non-hydrogen) atoms. The Hall–Kier alpha value is -7.88. The van der Waals surface area contributed by atoms with Crippen LogP contribution in [-0.4, -0.2) is 9.13 Å². The number of nitrogens with zero attached hydrogens (tertiary/aromatic N) is 3. The van der Waals surface area contributed by atoms with Gasteiger partial charge >= 0.3 is 0 Å². The Morgan fingerprint density at radius 1 is 0.333 bits per heavy atom. The zero-order valence-electron chi connectivity index (χ0n) is 32.9. The first-order chi connectivity index (χ1) is 29.8. The first kappa shape index (κ1) is 34.2. The van der Waals surface area contributed by atoms with E-state index in [4.69, 9.17) is 0 Å². The van der Waals surface area contributed by atoms with Gasteiger partial charge in [-0.15, -0.1) is 0 Å². The summed E-state index contributed by atoms with van der Waals surface area (Å²) >= 11 is 0. The summed E-state index contributed by atoms with van der Waals surface area (Å²) in [4.78, 5) is 2.43. The van der Waals surface area contributed by atoms with Crippen LogP contribution in [0.4, 0.5) is 17.1 Å². The van der Waals surface area contributed by atoms with Gasteiger partial charge in [0.15, 0.2) is 0 Å². The summed E-state index contributed by atoms with van der Waals surface area (Å²) < 4.78 is 4.89. The van der Waals surface area contributed by atoms with Gasteiger partial charge in [0.2, 0.25) is 0 Å². The molecule has 0 radical (unpaired) electrons. The predicted octanol–water partition coefficient (Wildman–Crippen LogP) is 14.6. The summed E-state index contributed by atoms with van der Waals surface area (Å²) in [6, 6.07) is 86.4. The van der Waals surface area contributed by atoms with Crippen molar-refractivity contribution in [2.24, 2.45) is 0 Å². The summed E-state index contributed by atoms with van der Waals surface area (Å²) in [5.74, 6) is 0. The van der Waals surface area contributed by atoms with Crippen LogP contribution in [-0.2, 0) is 5.41 Å². The average Bonchev–Trinajstić information content (AvgIpc) is 3.94. The third-order valence-electron chi connectivity index (χ3n) is 12.6. The number of benzene rings is 9. The van der Waals surface area contributed by atoms with Crippen LogP contribution in [0, 0.1) is 0 Å². The highest BCUT2D eigenvalue weighted by molar-refractivity contribution is 6.23. The van der Waals surface area contributed by atoms with Crippen LogP contribution >= 0.6 is 0 Å². The standard InChI is InChI=1S/C57H39N3/c1-6-20-40(21-7-1)57(41-22-8-2-9-23-41)51-32-18-16-30-47(51)48-36-34-45(38-52(48)57)58(42-24-10-3-11-25-42)46-35-37-50-54(39-46)60(44-28-14-5-15-29-44)56-55(50)49-31-17-19-33-53(49)59(56)43-26-12-4-13-27-43/h1-39H. The molecule has 3 heteroatoms. The molecule has 0 saturated carbocycles. The molecule has 0 spiro atoms. The predicted molar refractivity (Wildman–Crippen MR) is 250 cm³/mol. The maximum absolute atomic E-state index is 2.46. The maximum atomic E-state index is 2.46. The molecule has 0 atom stereocenters. The Morgan fingerprint density at radius 3 is 1.48 bits per heavy atom. The summed E-state index contributed by atoms with van der Waals surface area (Å²) in [5.41, 5.74) is 16.2. The zero-order chi connectivity index (χ0) is 39.6. The van der Waals surface area contributed by atoms with E-state index >= 15 is 0 Å². The van der Waals surface area contributed by atoms with Crippen molar-refractivity contribution in [3.8, 4) is 22.5 Å². The second-order valence-corrected chi connectivity index (χ2v) is 15.7. The van der Waals surface area contributed by atoms with Gasteiger partial charge in [0.05, 0.1) is 16.4 Å². The number of fused-ring (bicyclic) bond motifs is 8. The Balaban J connectivity index is 1.15. The number of aromatic nitrogens is 2. The van der Waals surface area contributed by atoms with E-state index in [1.807, 2.05) is 0 Å². The quantitative estimate of drug-likeness (QED) is 0.157. The van der Waals surface area contributed by atoms with Crippen LogP contribution in [0.25, 0.3) is 55.3 Å². The van der Waals surface area contributed by atoms with Crippen molar-refractivity contribution in [2.75, 3.05) is 4.90 Å². The monoisotopic (exact) mass is 765 g/mol. The lowest BCUT2D eigenvalue weighted by atomic mass is 9.67. The minimum atomic E-state index is -0.506. The summed E-state index contributed by atoms with van der Waals surface area (Å²) in [7, 11) is 0. The van der Waals surface area contributed by atoms with Gasteiger partial charge in [-0.05, 0) is 100 Å². The lowest BCUT2D eigenvalue weighted by Gasteiger charge is -2.35. The molecule has 1 aliphatic rings. The highest BCUT2D eigenvalue weighted by atomic mass is 15.2. The molecule has 3 nitrogen and oxygen atoms in total. The van der Waals surface area contributed by atoms with Crippen LogP contribution in [0.15, 0.2) is 237 Å². The Morgan fingerprint density at radius 2 is 0.817 bits per heavy atom. The molecule has 9 aromatic carbocycles. The number of anilines is 3. The van der Waals surface area contributed by atoms with Gasteiger partial charge in [-0.1, -0.05) is 170 Å². The van der Waals surface area contributed by atoms with Crippen LogP contribution in [0.3, 0.4) is 0 Å². The first-order valence-corrected chi connectivity index (χ1v) is 20.7. The molecule has 282 valence electrons. The van der Waals surface area contributed by atoms with E-state index < -0.39 is 5.41 Å². The largest absolute Gasteiger partial charge is 0.310 e. The molecule has 1 aliphatic carbocycles. The number of para-hydroxylation sites is 4. The fraction of sp³-hybridized carbons (Fsp3) is 0.0175. The third-order valence-corrected chi connectivity index (χ3v) is 12.6. The lowest BCUT2D eigenvalue weighted by molar-refractivity contribution is 0.768. The molecule has 12 rings (SSSR count). The molecule has 0 saturated heterocycles. The Kier molecular flexibility index (Phi) is 7.76. The zero-order valence-corrected chi connectivity index (χ0v) is 32.9. The van der Waals surface area contributed by atoms with Crippen molar-refractivity contribution < 1.29 is 0 Å². The smallest absolute Gasteiger partial charge is 0.131 e. The molecular weight excluding hydrogens is 727 g/mol. The van der Waals surface area contributed by atoms with Crippen molar-refractivity contribution in [1.82, 2.24) is 9.13 Å². The van der Waals surface area contributed by atoms with E-state index in [1.54, 1.807) is 0 Å². The molecular formula is C57H39N3. The van der Waals surface area contributed by atoms with Crippen molar-refractivity contribution in [2.45, 2.75) is 5.41 Å². The second-order valence-electron chi connectivity index (χ2n) is 15.7. The molecule has 0 unspecified atom stereocenters. The fourth-order valence-corrected chi connectivity index (χ4v) is 10.1. The van der Waals surface area contributed by atoms with E-state index in [0.29, 0.717) is 0 Å². The van der Waals surface area contributed by atoms with Gasteiger partial charge < -0.3 is 4.90 Å².